The van der Waals surface area contributed by atoms with Gasteiger partial charge in [-0.15, -0.1) is 0 Å². The van der Waals surface area contributed by atoms with Crippen LogP contribution in [0.15, 0.2) is 42.5 Å². The van der Waals surface area contributed by atoms with Crippen LogP contribution in [0.3, 0.4) is 0 Å². The van der Waals surface area contributed by atoms with Crippen molar-refractivity contribution in [1.29, 1.82) is 0 Å². The fourth-order valence-electron chi connectivity index (χ4n) is 1.92. The van der Waals surface area contributed by atoms with E-state index in [-0.39, 0.29) is 23.3 Å². The second-order valence-corrected chi connectivity index (χ2v) is 5.17. The van der Waals surface area contributed by atoms with E-state index in [1.165, 1.54) is 0 Å². The lowest BCUT2D eigenvalue weighted by molar-refractivity contribution is 0.102. The van der Waals surface area contributed by atoms with Gasteiger partial charge in [0.1, 0.15) is 11.5 Å². The van der Waals surface area contributed by atoms with Crippen LogP contribution in [0.5, 0.6) is 11.5 Å². The molecule has 0 aliphatic rings. The highest BCUT2D eigenvalue weighted by Crippen LogP contribution is 2.21. The number of ether oxygens (including phenoxy) is 1. The molecule has 0 atom stereocenters. The molecule has 0 aliphatic heterocycles. The molecule has 2 N–H and O–H groups in total. The van der Waals surface area contributed by atoms with E-state index in [0.717, 1.165) is 11.3 Å². The minimum Gasteiger partial charge on any atom is -0.507 e. The molecule has 21 heavy (non-hydrogen) atoms. The molecule has 0 heterocycles. The van der Waals surface area contributed by atoms with Crippen LogP contribution in [0.2, 0.25) is 0 Å². The van der Waals surface area contributed by atoms with Crippen molar-refractivity contribution in [1.82, 2.24) is 0 Å². The normalized spacial score (nSPS) is 10.5. The summed E-state index contributed by atoms with van der Waals surface area (Å²) in [5.74, 6) is 0.387. The average Bonchev–Trinajstić information content (AvgIpc) is 2.40. The van der Waals surface area contributed by atoms with Crippen LogP contribution in [0, 0.1) is 6.92 Å². The molecular formula is C17H19NO3. The molecule has 0 bridgehead atoms. The number of aromatic hydroxyl groups is 1. The van der Waals surface area contributed by atoms with Crippen LogP contribution in [0.25, 0.3) is 0 Å². The zero-order valence-corrected chi connectivity index (χ0v) is 12.4. The number of carbonyl (C=O) groups excluding carboxylic acids is 1. The van der Waals surface area contributed by atoms with Crippen LogP contribution < -0.4 is 10.1 Å². The predicted octanol–water partition coefficient (Wildman–Crippen LogP) is 3.74. The molecule has 2 aromatic rings. The van der Waals surface area contributed by atoms with Crippen LogP contribution in [-0.4, -0.2) is 17.1 Å². The molecule has 0 aromatic heterocycles. The Hall–Kier alpha value is -2.49. The van der Waals surface area contributed by atoms with Crippen LogP contribution in [0.4, 0.5) is 5.69 Å². The number of anilines is 1. The summed E-state index contributed by atoms with van der Waals surface area (Å²) in [4.78, 5) is 12.1. The van der Waals surface area contributed by atoms with Crippen molar-refractivity contribution >= 4 is 11.6 Å². The molecule has 110 valence electrons. The van der Waals surface area contributed by atoms with Gasteiger partial charge in [-0.25, -0.2) is 0 Å². The lowest BCUT2D eigenvalue weighted by atomic mass is 10.1. The molecule has 2 aromatic carbocycles. The SMILES string of the molecule is Cc1ccc(C(=O)Nc2ccc(OC(C)C)cc2)c(O)c1. The number of hydrogen-bond donors (Lipinski definition) is 2. The second-order valence-electron chi connectivity index (χ2n) is 5.17. The van der Waals surface area contributed by atoms with Crippen molar-refractivity contribution in [2.75, 3.05) is 5.32 Å². The lowest BCUT2D eigenvalue weighted by Gasteiger charge is -2.11. The summed E-state index contributed by atoms with van der Waals surface area (Å²) in [6.45, 7) is 5.76. The van der Waals surface area contributed by atoms with Gasteiger partial charge in [0, 0.05) is 5.69 Å². The number of aryl methyl sites for hydroxylation is 1. The first-order chi connectivity index (χ1) is 9.95. The molecule has 2 rings (SSSR count). The van der Waals surface area contributed by atoms with Crippen LogP contribution in [-0.2, 0) is 0 Å². The maximum Gasteiger partial charge on any atom is 0.259 e. The fraction of sp³-hybridized carbons (Fsp3) is 0.235. The molecule has 1 amide bonds. The minimum absolute atomic E-state index is 0.0211. The highest BCUT2D eigenvalue weighted by Gasteiger charge is 2.11. The van der Waals surface area contributed by atoms with Gasteiger partial charge in [-0.2, -0.15) is 0 Å². The summed E-state index contributed by atoms with van der Waals surface area (Å²) in [6.07, 6.45) is 0.106. The Labute approximate surface area is 124 Å². The summed E-state index contributed by atoms with van der Waals surface area (Å²) < 4.78 is 5.54. The Morgan fingerprint density at radius 1 is 1.14 bits per heavy atom. The lowest BCUT2D eigenvalue weighted by Crippen LogP contribution is -2.12. The van der Waals surface area contributed by atoms with E-state index in [9.17, 15) is 9.90 Å². The number of phenols is 1. The maximum absolute atomic E-state index is 12.1. The molecule has 0 saturated heterocycles. The zero-order valence-electron chi connectivity index (χ0n) is 12.4. The number of amides is 1. The van der Waals surface area contributed by atoms with Crippen molar-refractivity contribution in [3.8, 4) is 11.5 Å². The van der Waals surface area contributed by atoms with Gasteiger partial charge in [0.15, 0.2) is 0 Å². The highest BCUT2D eigenvalue weighted by atomic mass is 16.5. The van der Waals surface area contributed by atoms with E-state index in [1.54, 1.807) is 42.5 Å². The van der Waals surface area contributed by atoms with E-state index in [1.807, 2.05) is 20.8 Å². The quantitative estimate of drug-likeness (QED) is 0.899. The first kappa shape index (κ1) is 14.9. The van der Waals surface area contributed by atoms with Gasteiger partial charge in [0.25, 0.3) is 5.91 Å². The zero-order chi connectivity index (χ0) is 15.4. The van der Waals surface area contributed by atoms with Crippen molar-refractivity contribution in [3.05, 3.63) is 53.6 Å². The number of benzene rings is 2. The Kier molecular flexibility index (Phi) is 4.48. The summed E-state index contributed by atoms with van der Waals surface area (Å²) in [7, 11) is 0. The number of rotatable bonds is 4. The first-order valence-corrected chi connectivity index (χ1v) is 6.83. The molecule has 0 aliphatic carbocycles. The summed E-state index contributed by atoms with van der Waals surface area (Å²) >= 11 is 0. The highest BCUT2D eigenvalue weighted by molar-refractivity contribution is 6.06. The molecule has 0 fully saturated rings. The van der Waals surface area contributed by atoms with Crippen LogP contribution in [0.1, 0.15) is 29.8 Å². The number of nitrogens with one attached hydrogen (secondary N) is 1. The molecule has 0 unspecified atom stereocenters. The van der Waals surface area contributed by atoms with E-state index in [4.69, 9.17) is 4.74 Å². The van der Waals surface area contributed by atoms with Crippen molar-refractivity contribution in [2.24, 2.45) is 0 Å². The van der Waals surface area contributed by atoms with Crippen molar-refractivity contribution < 1.29 is 14.6 Å². The van der Waals surface area contributed by atoms with Crippen LogP contribution >= 0.6 is 0 Å². The first-order valence-electron chi connectivity index (χ1n) is 6.83. The van der Waals surface area contributed by atoms with E-state index in [0.29, 0.717) is 5.69 Å². The molecule has 0 spiro atoms. The summed E-state index contributed by atoms with van der Waals surface area (Å²) in [5, 5.41) is 12.5. The second kappa shape index (κ2) is 6.31. The van der Waals surface area contributed by atoms with Gasteiger partial charge in [-0.1, -0.05) is 6.07 Å². The third-order valence-electron chi connectivity index (χ3n) is 2.88. The average molecular weight is 285 g/mol. The Balaban J connectivity index is 2.08. The minimum atomic E-state index is -0.343. The van der Waals surface area contributed by atoms with Gasteiger partial charge in [0.2, 0.25) is 0 Å². The van der Waals surface area contributed by atoms with Gasteiger partial charge >= 0.3 is 0 Å². The Bertz CT molecular complexity index is 633. The number of phenolic OH excluding ortho intramolecular Hbond substituents is 1. The summed E-state index contributed by atoms with van der Waals surface area (Å²) in [5.41, 5.74) is 1.80. The number of carbonyl (C=O) groups is 1. The molecule has 4 heteroatoms. The standard InChI is InChI=1S/C17H19NO3/c1-11(2)21-14-7-5-13(6-8-14)18-17(20)15-9-4-12(3)10-16(15)19/h4-11,19H,1-3H3,(H,18,20). The largest absolute Gasteiger partial charge is 0.507 e. The third kappa shape index (κ3) is 3.99. The topological polar surface area (TPSA) is 58.6 Å². The van der Waals surface area contributed by atoms with Gasteiger partial charge < -0.3 is 15.2 Å². The Morgan fingerprint density at radius 2 is 1.81 bits per heavy atom. The van der Waals surface area contributed by atoms with Crippen molar-refractivity contribution in [3.63, 3.8) is 0 Å². The van der Waals surface area contributed by atoms with E-state index in [2.05, 4.69) is 5.32 Å². The van der Waals surface area contributed by atoms with E-state index >= 15 is 0 Å². The number of hydrogen-bond acceptors (Lipinski definition) is 3. The van der Waals surface area contributed by atoms with E-state index < -0.39 is 0 Å². The monoisotopic (exact) mass is 285 g/mol. The van der Waals surface area contributed by atoms with Crippen molar-refractivity contribution in [2.45, 2.75) is 26.9 Å². The molecule has 0 saturated carbocycles. The van der Waals surface area contributed by atoms with Gasteiger partial charge in [0.05, 0.1) is 11.7 Å². The molecule has 4 nitrogen and oxygen atoms in total. The van der Waals surface area contributed by atoms with Gasteiger partial charge in [-0.3, -0.25) is 4.79 Å². The Morgan fingerprint density at radius 3 is 2.38 bits per heavy atom. The third-order valence-corrected chi connectivity index (χ3v) is 2.88. The molecule has 0 radical (unpaired) electrons. The maximum atomic E-state index is 12.1. The fourth-order valence-corrected chi connectivity index (χ4v) is 1.92. The molecular weight excluding hydrogens is 266 g/mol. The van der Waals surface area contributed by atoms with Gasteiger partial charge in [-0.05, 0) is 62.7 Å². The smallest absolute Gasteiger partial charge is 0.259 e. The predicted molar refractivity (Wildman–Crippen MR) is 83.0 cm³/mol. The summed E-state index contributed by atoms with van der Waals surface area (Å²) in [6, 6.07) is 12.1.